The molecule has 0 saturated carbocycles. The summed E-state index contributed by atoms with van der Waals surface area (Å²) in [6.07, 6.45) is 1.36. The average molecular weight is 359 g/mol. The molecule has 26 heavy (non-hydrogen) atoms. The molecule has 2 aromatic carbocycles. The molecule has 0 bridgehead atoms. The van der Waals surface area contributed by atoms with Crippen LogP contribution in [-0.2, 0) is 6.54 Å². The summed E-state index contributed by atoms with van der Waals surface area (Å²) in [6, 6.07) is 12.7. The first-order valence-corrected chi connectivity index (χ1v) is 8.59. The Morgan fingerprint density at radius 1 is 1.23 bits per heavy atom. The fourth-order valence-electron chi connectivity index (χ4n) is 3.34. The van der Waals surface area contributed by atoms with E-state index < -0.39 is 11.6 Å². The highest BCUT2D eigenvalue weighted by Crippen LogP contribution is 2.25. The van der Waals surface area contributed by atoms with Gasteiger partial charge in [-0.05, 0) is 43.1 Å². The zero-order chi connectivity index (χ0) is 18.6. The fraction of sp³-hybridized carbons (Fsp3) is 0.350. The van der Waals surface area contributed by atoms with Gasteiger partial charge in [0.1, 0.15) is 23.8 Å². The van der Waals surface area contributed by atoms with Crippen molar-refractivity contribution >= 4 is 5.97 Å². The van der Waals surface area contributed by atoms with Crippen molar-refractivity contribution in [2.24, 2.45) is 0 Å². The predicted molar refractivity (Wildman–Crippen MR) is 94.8 cm³/mol. The molecule has 1 atom stereocenters. The minimum absolute atomic E-state index is 0.0630. The third kappa shape index (κ3) is 4.59. The molecule has 0 radical (unpaired) electrons. The van der Waals surface area contributed by atoms with Crippen LogP contribution in [0.25, 0.3) is 0 Å². The molecule has 3 rings (SSSR count). The number of hydrogen-bond donors (Lipinski definition) is 2. The Bertz CT molecular complexity index is 782. The van der Waals surface area contributed by atoms with Gasteiger partial charge in [-0.3, -0.25) is 4.90 Å². The van der Waals surface area contributed by atoms with Crippen LogP contribution in [0, 0.1) is 5.82 Å². The van der Waals surface area contributed by atoms with Crippen LogP contribution < -0.4 is 4.74 Å². The predicted octanol–water partition coefficient (Wildman–Crippen LogP) is 2.93. The van der Waals surface area contributed by atoms with Gasteiger partial charge in [-0.1, -0.05) is 24.3 Å². The molecule has 2 aromatic rings. The van der Waals surface area contributed by atoms with Crippen LogP contribution in [0.5, 0.6) is 5.75 Å². The van der Waals surface area contributed by atoms with Crippen molar-refractivity contribution in [3.63, 3.8) is 0 Å². The quantitative estimate of drug-likeness (QED) is 0.830. The van der Waals surface area contributed by atoms with Crippen LogP contribution in [0.2, 0.25) is 0 Å². The molecule has 138 valence electrons. The number of hydrogen-bond acceptors (Lipinski definition) is 4. The largest absolute Gasteiger partial charge is 0.490 e. The van der Waals surface area contributed by atoms with Gasteiger partial charge in [0.05, 0.1) is 5.56 Å². The molecule has 0 spiro atoms. The molecule has 1 aliphatic rings. The van der Waals surface area contributed by atoms with Gasteiger partial charge in [-0.15, -0.1) is 0 Å². The lowest BCUT2D eigenvalue weighted by Crippen LogP contribution is -2.51. The third-order valence-corrected chi connectivity index (χ3v) is 4.58. The molecule has 1 fully saturated rings. The Morgan fingerprint density at radius 3 is 2.81 bits per heavy atom. The minimum atomic E-state index is -1.05. The molecule has 0 amide bonds. The lowest BCUT2D eigenvalue weighted by atomic mass is 9.93. The average Bonchev–Trinajstić information content (AvgIpc) is 2.61. The first-order valence-electron chi connectivity index (χ1n) is 8.59. The van der Waals surface area contributed by atoms with E-state index in [0.717, 1.165) is 18.5 Å². The number of carboxylic acids is 1. The highest BCUT2D eigenvalue weighted by atomic mass is 19.1. The van der Waals surface area contributed by atoms with Gasteiger partial charge in [-0.25, -0.2) is 9.18 Å². The number of β-amino-alcohol motifs (C(OH)–C–C–N with tert-alkyl or cyclic N) is 1. The third-order valence-electron chi connectivity index (χ3n) is 4.58. The summed E-state index contributed by atoms with van der Waals surface area (Å²) in [6.45, 7) is 1.66. The number of aliphatic hydroxyl groups is 1. The Morgan fingerprint density at radius 2 is 2.04 bits per heavy atom. The molecule has 0 unspecified atom stereocenters. The number of nitrogens with zero attached hydrogens (tertiary/aromatic N) is 1. The molecule has 1 heterocycles. The Balaban J connectivity index is 1.64. The highest BCUT2D eigenvalue weighted by Gasteiger charge is 2.34. The van der Waals surface area contributed by atoms with E-state index in [-0.39, 0.29) is 18.0 Å². The maximum absolute atomic E-state index is 13.2. The lowest BCUT2D eigenvalue weighted by molar-refractivity contribution is -0.0621. The second-order valence-corrected chi connectivity index (χ2v) is 6.75. The van der Waals surface area contributed by atoms with Crippen molar-refractivity contribution in [1.29, 1.82) is 0 Å². The summed E-state index contributed by atoms with van der Waals surface area (Å²) in [7, 11) is 0. The van der Waals surface area contributed by atoms with Crippen LogP contribution in [-0.4, -0.2) is 46.4 Å². The maximum atomic E-state index is 13.2. The van der Waals surface area contributed by atoms with E-state index in [1.165, 1.54) is 12.1 Å². The highest BCUT2D eigenvalue weighted by molar-refractivity contribution is 5.89. The van der Waals surface area contributed by atoms with Crippen molar-refractivity contribution in [2.75, 3.05) is 19.7 Å². The van der Waals surface area contributed by atoms with Gasteiger partial charge in [0, 0.05) is 19.2 Å². The molecule has 6 heteroatoms. The Kier molecular flexibility index (Phi) is 5.54. The number of rotatable bonds is 6. The number of benzene rings is 2. The van der Waals surface area contributed by atoms with E-state index in [1.807, 2.05) is 11.0 Å². The van der Waals surface area contributed by atoms with E-state index in [4.69, 9.17) is 4.74 Å². The standard InChI is InChI=1S/C20H22FNO4/c21-16-6-3-7-17(11-16)26-14-20(25)9-4-10-22(13-20)12-15-5-1-2-8-18(15)19(23)24/h1-3,5-8,11,25H,4,9-10,12-14H2,(H,23,24)/t20-/m0/s1. The van der Waals surface area contributed by atoms with E-state index in [0.29, 0.717) is 25.3 Å². The molecular formula is C20H22FNO4. The Hall–Kier alpha value is -2.44. The number of carbonyl (C=O) groups is 1. The molecule has 0 aliphatic carbocycles. The van der Waals surface area contributed by atoms with Gasteiger partial charge in [0.25, 0.3) is 0 Å². The number of halogens is 1. The smallest absolute Gasteiger partial charge is 0.336 e. The van der Waals surface area contributed by atoms with Crippen molar-refractivity contribution in [2.45, 2.75) is 25.0 Å². The summed E-state index contributed by atoms with van der Waals surface area (Å²) < 4.78 is 18.8. The summed E-state index contributed by atoms with van der Waals surface area (Å²) in [5.74, 6) is -0.959. The van der Waals surface area contributed by atoms with E-state index in [9.17, 15) is 19.4 Å². The van der Waals surface area contributed by atoms with Crippen LogP contribution in [0.15, 0.2) is 48.5 Å². The number of aromatic carboxylic acids is 1. The number of carboxylic acid groups (broad SMARTS) is 1. The van der Waals surface area contributed by atoms with Crippen LogP contribution in [0.3, 0.4) is 0 Å². The summed E-state index contributed by atoms with van der Waals surface area (Å²) in [5, 5.41) is 20.2. The van der Waals surface area contributed by atoms with Crippen LogP contribution in [0.1, 0.15) is 28.8 Å². The fourth-order valence-corrected chi connectivity index (χ4v) is 3.34. The van der Waals surface area contributed by atoms with E-state index >= 15 is 0 Å². The second kappa shape index (κ2) is 7.85. The van der Waals surface area contributed by atoms with Crippen molar-refractivity contribution in [1.82, 2.24) is 4.90 Å². The molecule has 2 N–H and O–H groups in total. The normalized spacial score (nSPS) is 20.7. The van der Waals surface area contributed by atoms with Gasteiger partial charge in [-0.2, -0.15) is 0 Å². The minimum Gasteiger partial charge on any atom is -0.490 e. The van der Waals surface area contributed by atoms with Gasteiger partial charge < -0.3 is 14.9 Å². The summed E-state index contributed by atoms with van der Waals surface area (Å²) in [5.41, 5.74) is -0.0594. The van der Waals surface area contributed by atoms with Crippen molar-refractivity contribution < 1.29 is 24.1 Å². The van der Waals surface area contributed by atoms with Crippen molar-refractivity contribution in [3.05, 3.63) is 65.5 Å². The Labute approximate surface area is 151 Å². The monoisotopic (exact) mass is 359 g/mol. The first kappa shape index (κ1) is 18.4. The van der Waals surface area contributed by atoms with Crippen molar-refractivity contribution in [3.8, 4) is 5.75 Å². The maximum Gasteiger partial charge on any atom is 0.336 e. The SMILES string of the molecule is O=C(O)c1ccccc1CN1CCC[C@@](O)(COc2cccc(F)c2)C1. The topological polar surface area (TPSA) is 70.0 Å². The van der Waals surface area contributed by atoms with Gasteiger partial charge >= 0.3 is 5.97 Å². The zero-order valence-electron chi connectivity index (χ0n) is 14.4. The van der Waals surface area contributed by atoms with Crippen LogP contribution >= 0.6 is 0 Å². The van der Waals surface area contributed by atoms with Gasteiger partial charge in [0.2, 0.25) is 0 Å². The molecule has 1 saturated heterocycles. The van der Waals surface area contributed by atoms with E-state index in [2.05, 4.69) is 0 Å². The number of piperidine rings is 1. The summed E-state index contributed by atoms with van der Waals surface area (Å²) in [4.78, 5) is 13.4. The summed E-state index contributed by atoms with van der Waals surface area (Å²) >= 11 is 0. The molecule has 0 aromatic heterocycles. The first-order chi connectivity index (χ1) is 12.5. The molecule has 5 nitrogen and oxygen atoms in total. The molecule has 1 aliphatic heterocycles. The van der Waals surface area contributed by atoms with Crippen LogP contribution in [0.4, 0.5) is 4.39 Å². The van der Waals surface area contributed by atoms with Gasteiger partial charge in [0.15, 0.2) is 0 Å². The number of ether oxygens (including phenoxy) is 1. The second-order valence-electron chi connectivity index (χ2n) is 6.75. The lowest BCUT2D eigenvalue weighted by Gasteiger charge is -2.39. The number of likely N-dealkylation sites (tertiary alicyclic amines) is 1. The molecular weight excluding hydrogens is 337 g/mol. The zero-order valence-corrected chi connectivity index (χ0v) is 14.4. The van der Waals surface area contributed by atoms with E-state index in [1.54, 1.807) is 30.3 Å².